The SMILES string of the molecule is c1ccc(-c2cc(-n3c4cc5sc6ccccc6c5cc4c4nc(-c5ccccc5)ccc43)cc(-c3ccccc3)n2)cc1. The first-order chi connectivity index (χ1) is 21.8. The predicted molar refractivity (Wildman–Crippen MR) is 186 cm³/mol. The van der Waals surface area contributed by atoms with Crippen LogP contribution in [0, 0.1) is 0 Å². The topological polar surface area (TPSA) is 30.7 Å². The van der Waals surface area contributed by atoms with Gasteiger partial charge in [-0.05, 0) is 42.5 Å². The Bertz CT molecular complexity index is 2420. The van der Waals surface area contributed by atoms with E-state index in [2.05, 4.69) is 138 Å². The van der Waals surface area contributed by atoms with Gasteiger partial charge in [0.05, 0.1) is 39.3 Å². The minimum atomic E-state index is 0.939. The number of pyridine rings is 2. The minimum absolute atomic E-state index is 0.939. The number of thiophene rings is 1. The van der Waals surface area contributed by atoms with Gasteiger partial charge >= 0.3 is 0 Å². The van der Waals surface area contributed by atoms with Gasteiger partial charge in [0.1, 0.15) is 0 Å². The monoisotopic (exact) mass is 579 g/mol. The molecule has 44 heavy (non-hydrogen) atoms. The zero-order chi connectivity index (χ0) is 29.0. The summed E-state index contributed by atoms with van der Waals surface area (Å²) in [6.45, 7) is 0. The van der Waals surface area contributed by atoms with Gasteiger partial charge in [0.25, 0.3) is 0 Å². The van der Waals surface area contributed by atoms with E-state index in [0.717, 1.165) is 61.4 Å². The fourth-order valence-electron chi connectivity index (χ4n) is 6.30. The van der Waals surface area contributed by atoms with E-state index >= 15 is 0 Å². The van der Waals surface area contributed by atoms with Gasteiger partial charge in [0, 0.05) is 42.2 Å². The maximum atomic E-state index is 5.32. The standard InChI is InChI=1S/C40H25N3S/c1-4-12-26(13-5-1)33-20-21-36-40(42-33)32-24-31-30-18-10-11-19-38(30)44-39(31)25-37(32)43(36)29-22-34(27-14-6-2-7-15-27)41-35(23-29)28-16-8-3-9-17-28/h1-25H. The van der Waals surface area contributed by atoms with Crippen molar-refractivity contribution in [3.8, 4) is 39.5 Å². The molecular formula is C40H25N3S. The van der Waals surface area contributed by atoms with E-state index in [1.807, 2.05) is 29.5 Å². The number of hydrogen-bond acceptors (Lipinski definition) is 3. The molecule has 4 heterocycles. The minimum Gasteiger partial charge on any atom is -0.307 e. The van der Waals surface area contributed by atoms with Crippen LogP contribution in [0.1, 0.15) is 0 Å². The summed E-state index contributed by atoms with van der Waals surface area (Å²) in [5.74, 6) is 0. The van der Waals surface area contributed by atoms with E-state index in [9.17, 15) is 0 Å². The Morgan fingerprint density at radius 1 is 0.409 bits per heavy atom. The summed E-state index contributed by atoms with van der Waals surface area (Å²) in [7, 11) is 0. The molecule has 0 radical (unpaired) electrons. The molecule has 0 fully saturated rings. The van der Waals surface area contributed by atoms with Gasteiger partial charge in [-0.2, -0.15) is 0 Å². The van der Waals surface area contributed by atoms with Gasteiger partial charge in [-0.25, -0.2) is 9.97 Å². The zero-order valence-electron chi connectivity index (χ0n) is 23.7. The molecule has 0 aliphatic heterocycles. The summed E-state index contributed by atoms with van der Waals surface area (Å²) in [4.78, 5) is 10.5. The summed E-state index contributed by atoms with van der Waals surface area (Å²) in [6.07, 6.45) is 0. The number of hydrogen-bond donors (Lipinski definition) is 0. The maximum absolute atomic E-state index is 5.32. The second-order valence-corrected chi connectivity index (χ2v) is 12.1. The molecule has 0 saturated carbocycles. The van der Waals surface area contributed by atoms with Crippen LogP contribution in [0.15, 0.2) is 152 Å². The lowest BCUT2D eigenvalue weighted by atomic mass is 10.1. The fourth-order valence-corrected chi connectivity index (χ4v) is 7.42. The molecule has 4 heteroatoms. The van der Waals surface area contributed by atoms with E-state index in [1.54, 1.807) is 0 Å². The third-order valence-corrected chi connectivity index (χ3v) is 9.52. The quantitative estimate of drug-likeness (QED) is 0.208. The number of rotatable bonds is 4. The highest BCUT2D eigenvalue weighted by Crippen LogP contribution is 2.41. The second-order valence-electron chi connectivity index (χ2n) is 11.1. The Labute approximate surface area is 258 Å². The van der Waals surface area contributed by atoms with Crippen molar-refractivity contribution in [1.29, 1.82) is 0 Å². The molecule has 0 amide bonds. The summed E-state index contributed by atoms with van der Waals surface area (Å²) >= 11 is 1.84. The summed E-state index contributed by atoms with van der Waals surface area (Å²) in [5, 5.41) is 3.71. The van der Waals surface area contributed by atoms with E-state index in [1.165, 1.54) is 20.2 Å². The molecule has 9 aromatic rings. The Hall–Kier alpha value is -5.58. The van der Waals surface area contributed by atoms with Crippen LogP contribution in [-0.2, 0) is 0 Å². The summed E-state index contributed by atoms with van der Waals surface area (Å²) in [5.41, 5.74) is 10.4. The highest BCUT2D eigenvalue weighted by atomic mass is 32.1. The van der Waals surface area contributed by atoms with Crippen LogP contribution in [0.25, 0.3) is 81.6 Å². The molecule has 0 saturated heterocycles. The molecule has 3 nitrogen and oxygen atoms in total. The van der Waals surface area contributed by atoms with Crippen LogP contribution in [0.3, 0.4) is 0 Å². The van der Waals surface area contributed by atoms with Crippen LogP contribution >= 0.6 is 11.3 Å². The number of benzene rings is 5. The molecule has 206 valence electrons. The molecule has 0 aliphatic carbocycles. The molecule has 9 rings (SSSR count). The van der Waals surface area contributed by atoms with E-state index in [-0.39, 0.29) is 0 Å². The first-order valence-electron chi connectivity index (χ1n) is 14.8. The first-order valence-corrected chi connectivity index (χ1v) is 15.6. The van der Waals surface area contributed by atoms with Crippen molar-refractivity contribution in [2.24, 2.45) is 0 Å². The van der Waals surface area contributed by atoms with Crippen LogP contribution < -0.4 is 0 Å². The van der Waals surface area contributed by atoms with Crippen molar-refractivity contribution in [2.45, 2.75) is 0 Å². The third-order valence-electron chi connectivity index (χ3n) is 8.38. The van der Waals surface area contributed by atoms with Crippen molar-refractivity contribution in [3.05, 3.63) is 152 Å². The summed E-state index contributed by atoms with van der Waals surface area (Å²) in [6, 6.07) is 53.5. The molecule has 0 spiro atoms. The maximum Gasteiger partial charge on any atom is 0.0971 e. The smallest absolute Gasteiger partial charge is 0.0971 e. The van der Waals surface area contributed by atoms with Gasteiger partial charge < -0.3 is 4.57 Å². The van der Waals surface area contributed by atoms with E-state index < -0.39 is 0 Å². The Morgan fingerprint density at radius 2 is 1.00 bits per heavy atom. The van der Waals surface area contributed by atoms with Gasteiger partial charge in [-0.1, -0.05) is 109 Å². The lowest BCUT2D eigenvalue weighted by Gasteiger charge is -2.13. The largest absolute Gasteiger partial charge is 0.307 e. The predicted octanol–water partition coefficient (Wildman–Crippen LogP) is 10.9. The van der Waals surface area contributed by atoms with Crippen molar-refractivity contribution >= 4 is 53.4 Å². The fraction of sp³-hybridized carbons (Fsp3) is 0. The van der Waals surface area contributed by atoms with Crippen LogP contribution in [-0.4, -0.2) is 14.5 Å². The number of fused-ring (bicyclic) bond motifs is 6. The Kier molecular flexibility index (Phi) is 5.68. The molecule has 4 aromatic heterocycles. The van der Waals surface area contributed by atoms with Crippen LogP contribution in [0.5, 0.6) is 0 Å². The Morgan fingerprint density at radius 3 is 1.66 bits per heavy atom. The highest BCUT2D eigenvalue weighted by Gasteiger charge is 2.19. The molecule has 0 unspecified atom stereocenters. The van der Waals surface area contributed by atoms with E-state index in [4.69, 9.17) is 9.97 Å². The zero-order valence-corrected chi connectivity index (χ0v) is 24.5. The van der Waals surface area contributed by atoms with Crippen LogP contribution in [0.2, 0.25) is 0 Å². The number of nitrogens with zero attached hydrogens (tertiary/aromatic N) is 3. The van der Waals surface area contributed by atoms with Crippen molar-refractivity contribution in [3.63, 3.8) is 0 Å². The molecule has 0 N–H and O–H groups in total. The lowest BCUT2D eigenvalue weighted by Crippen LogP contribution is -1.98. The molecule has 0 atom stereocenters. The average Bonchev–Trinajstić information content (AvgIpc) is 3.62. The van der Waals surface area contributed by atoms with Gasteiger partial charge in [-0.15, -0.1) is 11.3 Å². The molecule has 0 bridgehead atoms. The number of aromatic nitrogens is 3. The summed E-state index contributed by atoms with van der Waals surface area (Å²) < 4.78 is 4.94. The van der Waals surface area contributed by atoms with Gasteiger partial charge in [0.15, 0.2) is 0 Å². The van der Waals surface area contributed by atoms with Crippen LogP contribution in [0.4, 0.5) is 0 Å². The van der Waals surface area contributed by atoms with Gasteiger partial charge in [0.2, 0.25) is 0 Å². The molecule has 0 aliphatic rings. The Balaban J connectivity index is 1.39. The lowest BCUT2D eigenvalue weighted by molar-refractivity contribution is 1.16. The van der Waals surface area contributed by atoms with E-state index in [0.29, 0.717) is 0 Å². The highest BCUT2D eigenvalue weighted by molar-refractivity contribution is 7.25. The first kappa shape index (κ1) is 25.0. The van der Waals surface area contributed by atoms with Crippen molar-refractivity contribution in [1.82, 2.24) is 14.5 Å². The molecular weight excluding hydrogens is 555 g/mol. The third kappa shape index (κ3) is 4.03. The average molecular weight is 580 g/mol. The normalized spacial score (nSPS) is 11.6. The van der Waals surface area contributed by atoms with Crippen molar-refractivity contribution < 1.29 is 0 Å². The second kappa shape index (κ2) is 10.0. The van der Waals surface area contributed by atoms with Crippen molar-refractivity contribution in [2.75, 3.05) is 0 Å². The molecule has 5 aromatic carbocycles. The van der Waals surface area contributed by atoms with Gasteiger partial charge in [-0.3, -0.25) is 0 Å².